The van der Waals surface area contributed by atoms with Crippen molar-refractivity contribution < 1.29 is 4.39 Å². The second-order valence-electron chi connectivity index (χ2n) is 3.63. The van der Waals surface area contributed by atoms with Crippen LogP contribution < -0.4 is 11.1 Å². The second kappa shape index (κ2) is 4.94. The van der Waals surface area contributed by atoms with Crippen LogP contribution in [0.3, 0.4) is 0 Å². The molecule has 0 heterocycles. The Morgan fingerprint density at radius 2 is 2.06 bits per heavy atom. The molecule has 2 rings (SSSR count). The van der Waals surface area contributed by atoms with Crippen LogP contribution in [0.25, 0.3) is 0 Å². The minimum Gasteiger partial charge on any atom is -0.396 e. The zero-order valence-corrected chi connectivity index (χ0v) is 10.0. The molecule has 0 aromatic heterocycles. The maximum atomic E-state index is 13.3. The predicted octanol–water partition coefficient (Wildman–Crippen LogP) is 3.68. The fraction of sp³-hybridized carbons (Fsp3) is 0. The van der Waals surface area contributed by atoms with E-state index in [4.69, 9.17) is 22.6 Å². The van der Waals surface area contributed by atoms with Crippen LogP contribution in [-0.4, -0.2) is 0 Å². The zero-order valence-electron chi connectivity index (χ0n) is 9.24. The molecule has 3 N–H and O–H groups in total. The van der Waals surface area contributed by atoms with Crippen molar-refractivity contribution >= 4 is 28.7 Å². The van der Waals surface area contributed by atoms with Gasteiger partial charge in [0.2, 0.25) is 0 Å². The highest BCUT2D eigenvalue weighted by Gasteiger charge is 2.06. The summed E-state index contributed by atoms with van der Waals surface area (Å²) in [7, 11) is 0. The molecule has 0 saturated heterocycles. The molecule has 0 amide bonds. The van der Waals surface area contributed by atoms with E-state index < -0.39 is 5.82 Å². The van der Waals surface area contributed by atoms with Crippen molar-refractivity contribution in [2.24, 2.45) is 0 Å². The van der Waals surface area contributed by atoms with Gasteiger partial charge in [-0.25, -0.2) is 4.39 Å². The van der Waals surface area contributed by atoms with E-state index in [1.165, 1.54) is 12.1 Å². The lowest BCUT2D eigenvalue weighted by molar-refractivity contribution is 0.629. The van der Waals surface area contributed by atoms with E-state index in [1.54, 1.807) is 24.3 Å². The summed E-state index contributed by atoms with van der Waals surface area (Å²) in [5, 5.41) is 11.8. The van der Waals surface area contributed by atoms with Gasteiger partial charge in [0.15, 0.2) is 0 Å². The standard InChI is InChI=1S/C13H9ClFN3/c14-10-5-4-9(6-11(10)15)18-12-3-1-2-8(7-16)13(12)17/h1-6,18H,17H2. The molecule has 90 valence electrons. The molecule has 2 aromatic carbocycles. The highest BCUT2D eigenvalue weighted by molar-refractivity contribution is 6.30. The molecule has 0 aliphatic carbocycles. The Kier molecular flexibility index (Phi) is 3.35. The first-order valence-corrected chi connectivity index (χ1v) is 5.50. The number of nitrogens with zero attached hydrogens (tertiary/aromatic N) is 1. The molecule has 0 unspecified atom stereocenters. The summed E-state index contributed by atoms with van der Waals surface area (Å²) in [6.07, 6.45) is 0. The summed E-state index contributed by atoms with van der Waals surface area (Å²) in [5.74, 6) is -0.517. The second-order valence-corrected chi connectivity index (χ2v) is 4.04. The van der Waals surface area contributed by atoms with Gasteiger partial charge >= 0.3 is 0 Å². The summed E-state index contributed by atoms with van der Waals surface area (Å²) in [6, 6.07) is 11.3. The van der Waals surface area contributed by atoms with Crippen molar-refractivity contribution in [2.75, 3.05) is 11.1 Å². The first kappa shape index (κ1) is 12.2. The summed E-state index contributed by atoms with van der Waals surface area (Å²) < 4.78 is 13.3. The van der Waals surface area contributed by atoms with E-state index in [-0.39, 0.29) is 5.02 Å². The molecule has 0 aliphatic heterocycles. The number of nitrogens with two attached hydrogens (primary N) is 1. The molecule has 2 aromatic rings. The number of benzene rings is 2. The maximum Gasteiger partial charge on any atom is 0.143 e. The number of nitrogen functional groups attached to an aromatic ring is 1. The Balaban J connectivity index is 2.35. The van der Waals surface area contributed by atoms with Gasteiger partial charge in [0.1, 0.15) is 11.9 Å². The van der Waals surface area contributed by atoms with Crippen LogP contribution in [0.1, 0.15) is 5.56 Å². The number of halogens is 2. The Labute approximate surface area is 109 Å². The van der Waals surface area contributed by atoms with Crippen LogP contribution in [0.15, 0.2) is 36.4 Å². The van der Waals surface area contributed by atoms with Gasteiger partial charge in [-0.1, -0.05) is 17.7 Å². The lowest BCUT2D eigenvalue weighted by Crippen LogP contribution is -1.99. The molecule has 0 aliphatic rings. The van der Waals surface area contributed by atoms with Crippen LogP contribution in [0.4, 0.5) is 21.5 Å². The number of hydrogen-bond donors (Lipinski definition) is 2. The van der Waals surface area contributed by atoms with Crippen molar-refractivity contribution in [3.8, 4) is 6.07 Å². The van der Waals surface area contributed by atoms with Gasteiger partial charge in [-0.3, -0.25) is 0 Å². The zero-order chi connectivity index (χ0) is 13.1. The van der Waals surface area contributed by atoms with E-state index in [9.17, 15) is 4.39 Å². The minimum absolute atomic E-state index is 0.0549. The molecule has 3 nitrogen and oxygen atoms in total. The monoisotopic (exact) mass is 261 g/mol. The van der Waals surface area contributed by atoms with Crippen LogP contribution in [0.2, 0.25) is 5.02 Å². The minimum atomic E-state index is -0.517. The Morgan fingerprint density at radius 1 is 1.28 bits per heavy atom. The molecule has 0 spiro atoms. The average molecular weight is 262 g/mol. The molecule has 0 atom stereocenters. The average Bonchev–Trinajstić information content (AvgIpc) is 2.36. The molecule has 0 fully saturated rings. The van der Waals surface area contributed by atoms with Crippen molar-refractivity contribution in [1.29, 1.82) is 5.26 Å². The van der Waals surface area contributed by atoms with E-state index in [2.05, 4.69) is 5.32 Å². The summed E-state index contributed by atoms with van der Waals surface area (Å²) >= 11 is 5.59. The first-order chi connectivity index (χ1) is 8.61. The quantitative estimate of drug-likeness (QED) is 0.811. The molecular formula is C13H9ClFN3. The summed E-state index contributed by atoms with van der Waals surface area (Å²) in [6.45, 7) is 0. The third-order valence-electron chi connectivity index (χ3n) is 2.43. The Bertz CT molecular complexity index is 635. The largest absolute Gasteiger partial charge is 0.396 e. The van der Waals surface area contributed by atoms with E-state index >= 15 is 0 Å². The highest BCUT2D eigenvalue weighted by Crippen LogP contribution is 2.27. The van der Waals surface area contributed by atoms with E-state index in [0.29, 0.717) is 22.6 Å². The number of anilines is 3. The lowest BCUT2D eigenvalue weighted by atomic mass is 10.1. The smallest absolute Gasteiger partial charge is 0.143 e. The Hall–Kier alpha value is -2.25. The summed E-state index contributed by atoms with van der Waals surface area (Å²) in [4.78, 5) is 0. The molecule has 0 bridgehead atoms. The topological polar surface area (TPSA) is 61.8 Å². The number of nitrogens with one attached hydrogen (secondary N) is 1. The molecule has 0 saturated carbocycles. The van der Waals surface area contributed by atoms with E-state index in [1.807, 2.05) is 6.07 Å². The maximum absolute atomic E-state index is 13.3. The van der Waals surface area contributed by atoms with Crippen molar-refractivity contribution in [2.45, 2.75) is 0 Å². The third kappa shape index (κ3) is 2.36. The predicted molar refractivity (Wildman–Crippen MR) is 70.3 cm³/mol. The van der Waals surface area contributed by atoms with Crippen molar-refractivity contribution in [3.05, 3.63) is 52.8 Å². The molecule has 18 heavy (non-hydrogen) atoms. The number of hydrogen-bond acceptors (Lipinski definition) is 3. The van der Waals surface area contributed by atoms with Gasteiger partial charge < -0.3 is 11.1 Å². The van der Waals surface area contributed by atoms with Gasteiger partial charge in [-0.05, 0) is 30.3 Å². The van der Waals surface area contributed by atoms with Crippen LogP contribution in [0, 0.1) is 17.1 Å². The fourth-order valence-corrected chi connectivity index (χ4v) is 1.62. The molecule has 0 radical (unpaired) electrons. The SMILES string of the molecule is N#Cc1cccc(Nc2ccc(Cl)c(F)c2)c1N. The Morgan fingerprint density at radius 3 is 2.72 bits per heavy atom. The third-order valence-corrected chi connectivity index (χ3v) is 2.73. The summed E-state index contributed by atoms with van der Waals surface area (Å²) in [5.41, 5.74) is 7.57. The van der Waals surface area contributed by atoms with Gasteiger partial charge in [0, 0.05) is 5.69 Å². The van der Waals surface area contributed by atoms with E-state index in [0.717, 1.165) is 0 Å². The van der Waals surface area contributed by atoms with Crippen LogP contribution in [-0.2, 0) is 0 Å². The van der Waals surface area contributed by atoms with Crippen molar-refractivity contribution in [3.63, 3.8) is 0 Å². The fourth-order valence-electron chi connectivity index (χ4n) is 1.50. The number of para-hydroxylation sites is 1. The molecular weight excluding hydrogens is 253 g/mol. The van der Waals surface area contributed by atoms with Gasteiger partial charge in [0.25, 0.3) is 0 Å². The van der Waals surface area contributed by atoms with Gasteiger partial charge in [-0.15, -0.1) is 0 Å². The van der Waals surface area contributed by atoms with Crippen molar-refractivity contribution in [1.82, 2.24) is 0 Å². The molecule has 5 heteroatoms. The number of nitriles is 1. The van der Waals surface area contributed by atoms with Gasteiger partial charge in [-0.2, -0.15) is 5.26 Å². The number of rotatable bonds is 2. The van der Waals surface area contributed by atoms with Crippen LogP contribution >= 0.6 is 11.6 Å². The lowest BCUT2D eigenvalue weighted by Gasteiger charge is -2.10. The first-order valence-electron chi connectivity index (χ1n) is 5.12. The van der Waals surface area contributed by atoms with Gasteiger partial charge in [0.05, 0.1) is 22.0 Å². The highest BCUT2D eigenvalue weighted by atomic mass is 35.5. The van der Waals surface area contributed by atoms with Crippen LogP contribution in [0.5, 0.6) is 0 Å². The normalized spacial score (nSPS) is 9.83.